The van der Waals surface area contributed by atoms with Crippen LogP contribution in [0.3, 0.4) is 0 Å². The van der Waals surface area contributed by atoms with Crippen LogP contribution in [0.5, 0.6) is 0 Å². The number of halogens is 2. The third-order valence-corrected chi connectivity index (χ3v) is 3.60. The number of hydrogen-bond acceptors (Lipinski definition) is 1. The van der Waals surface area contributed by atoms with Gasteiger partial charge in [-0.25, -0.2) is 4.39 Å². The number of nitriles is 1. The van der Waals surface area contributed by atoms with Crippen molar-refractivity contribution in [2.45, 2.75) is 31.6 Å². The highest BCUT2D eigenvalue weighted by Gasteiger charge is 2.21. The Morgan fingerprint density at radius 2 is 1.78 bits per heavy atom. The Labute approximate surface area is 106 Å². The zero-order chi connectivity index (χ0) is 13.0. The molecule has 1 aliphatic rings. The molecule has 18 heavy (non-hydrogen) atoms. The van der Waals surface area contributed by atoms with E-state index in [0.29, 0.717) is 5.92 Å². The Morgan fingerprint density at radius 3 is 2.33 bits per heavy atom. The lowest BCUT2D eigenvalue weighted by Crippen LogP contribution is -2.12. The van der Waals surface area contributed by atoms with E-state index in [9.17, 15) is 8.78 Å². The van der Waals surface area contributed by atoms with E-state index >= 15 is 0 Å². The van der Waals surface area contributed by atoms with Crippen LogP contribution >= 0.6 is 0 Å². The summed E-state index contributed by atoms with van der Waals surface area (Å²) in [4.78, 5) is 0. The normalized spacial score (nSPS) is 24.6. The number of nitrogens with zero attached hydrogens (tertiary/aromatic N) is 1. The van der Waals surface area contributed by atoms with Gasteiger partial charge in [-0.2, -0.15) is 9.65 Å². The van der Waals surface area contributed by atoms with Gasteiger partial charge in [0.05, 0.1) is 0 Å². The van der Waals surface area contributed by atoms with Gasteiger partial charge in [-0.1, -0.05) is 12.1 Å². The summed E-state index contributed by atoms with van der Waals surface area (Å²) in [7, 11) is 0. The van der Waals surface area contributed by atoms with Gasteiger partial charge in [0, 0.05) is 0 Å². The second kappa shape index (κ2) is 5.77. The predicted molar refractivity (Wildman–Crippen MR) is 65.9 cm³/mol. The van der Waals surface area contributed by atoms with Gasteiger partial charge in [-0.15, -0.1) is 0 Å². The zero-order valence-electron chi connectivity index (χ0n) is 10.1. The fourth-order valence-corrected chi connectivity index (χ4v) is 2.60. The van der Waals surface area contributed by atoms with Gasteiger partial charge in [-0.05, 0) is 61.3 Å². The van der Waals surface area contributed by atoms with E-state index < -0.39 is 5.83 Å². The van der Waals surface area contributed by atoms with Crippen molar-refractivity contribution in [3.05, 3.63) is 47.5 Å². The number of hydrogen-bond donors (Lipinski definition) is 0. The maximum atomic E-state index is 12.8. The van der Waals surface area contributed by atoms with Gasteiger partial charge in [-0.3, -0.25) is 0 Å². The summed E-state index contributed by atoms with van der Waals surface area (Å²) in [6, 6.07) is 8.13. The second-order valence-electron chi connectivity index (χ2n) is 4.79. The Balaban J connectivity index is 1.95. The van der Waals surface area contributed by atoms with Crippen molar-refractivity contribution in [3.63, 3.8) is 0 Å². The molecule has 0 atom stereocenters. The summed E-state index contributed by atoms with van der Waals surface area (Å²) in [5.41, 5.74) is 1.15. The average Bonchev–Trinajstić information content (AvgIpc) is 2.40. The van der Waals surface area contributed by atoms with Gasteiger partial charge < -0.3 is 0 Å². The summed E-state index contributed by atoms with van der Waals surface area (Å²) >= 11 is 0. The lowest BCUT2D eigenvalue weighted by Gasteiger charge is -2.26. The molecule has 0 N–H and O–H groups in total. The molecule has 0 saturated heterocycles. The lowest BCUT2D eigenvalue weighted by molar-refractivity contribution is 0.372. The molecule has 0 unspecified atom stereocenters. The third-order valence-electron chi connectivity index (χ3n) is 3.60. The van der Waals surface area contributed by atoms with Gasteiger partial charge >= 0.3 is 0 Å². The summed E-state index contributed by atoms with van der Waals surface area (Å²) in [6.45, 7) is 0. The Morgan fingerprint density at radius 1 is 1.17 bits per heavy atom. The first-order valence-corrected chi connectivity index (χ1v) is 6.22. The summed E-state index contributed by atoms with van der Waals surface area (Å²) < 4.78 is 25.7. The van der Waals surface area contributed by atoms with Gasteiger partial charge in [0.15, 0.2) is 5.83 Å². The highest BCUT2D eigenvalue weighted by atomic mass is 19.1. The topological polar surface area (TPSA) is 23.8 Å². The van der Waals surface area contributed by atoms with Crippen LogP contribution in [-0.4, -0.2) is 0 Å². The highest BCUT2D eigenvalue weighted by Crippen LogP contribution is 2.36. The van der Waals surface area contributed by atoms with Gasteiger partial charge in [0.2, 0.25) is 0 Å². The van der Waals surface area contributed by atoms with Crippen LogP contribution < -0.4 is 0 Å². The highest BCUT2D eigenvalue weighted by molar-refractivity contribution is 5.21. The minimum absolute atomic E-state index is 0.168. The molecule has 94 valence electrons. The van der Waals surface area contributed by atoms with Crippen LogP contribution in [0.1, 0.15) is 37.2 Å². The molecule has 1 fully saturated rings. The smallest absolute Gasteiger partial charge is 0.196 e. The molecule has 0 spiro atoms. The third kappa shape index (κ3) is 3.16. The van der Waals surface area contributed by atoms with Crippen molar-refractivity contribution < 1.29 is 8.78 Å². The first-order valence-electron chi connectivity index (χ1n) is 6.22. The second-order valence-corrected chi connectivity index (χ2v) is 4.79. The molecule has 1 aromatic carbocycles. The molecule has 1 aromatic rings. The maximum Gasteiger partial charge on any atom is 0.196 e. The van der Waals surface area contributed by atoms with E-state index in [-0.39, 0.29) is 11.7 Å². The first kappa shape index (κ1) is 12.8. The Kier molecular flexibility index (Phi) is 4.09. The molecule has 1 aliphatic carbocycles. The number of rotatable bonds is 2. The van der Waals surface area contributed by atoms with Crippen molar-refractivity contribution >= 4 is 0 Å². The molecular weight excluding hydrogens is 232 g/mol. The molecule has 0 aliphatic heterocycles. The standard InChI is InChI=1S/C15H15F2N/c16-14-7-5-13(6-8-14)12-3-1-11(2-4-12)9-15(17)10-18/h5-9,11-12H,1-4H2/t11-,12-. The van der Waals surface area contributed by atoms with Crippen molar-refractivity contribution in [1.29, 1.82) is 5.26 Å². The van der Waals surface area contributed by atoms with Crippen LogP contribution in [0, 0.1) is 23.1 Å². The number of allylic oxidation sites excluding steroid dienone is 2. The molecular formula is C15H15F2N. The summed E-state index contributed by atoms with van der Waals surface area (Å²) in [5.74, 6) is -0.298. The van der Waals surface area contributed by atoms with E-state index in [0.717, 1.165) is 31.2 Å². The zero-order valence-corrected chi connectivity index (χ0v) is 10.1. The van der Waals surface area contributed by atoms with Crippen LogP contribution in [0.25, 0.3) is 0 Å². The van der Waals surface area contributed by atoms with Crippen molar-refractivity contribution in [2.75, 3.05) is 0 Å². The maximum absolute atomic E-state index is 12.8. The molecule has 0 radical (unpaired) electrons. The predicted octanol–water partition coefficient (Wildman–Crippen LogP) is 4.48. The van der Waals surface area contributed by atoms with Gasteiger partial charge in [0.25, 0.3) is 0 Å². The molecule has 0 heterocycles. The summed E-state index contributed by atoms with van der Waals surface area (Å²) in [6.07, 6.45) is 5.13. The van der Waals surface area contributed by atoms with Crippen LogP contribution in [0.4, 0.5) is 8.78 Å². The van der Waals surface area contributed by atoms with Crippen molar-refractivity contribution in [1.82, 2.24) is 0 Å². The molecule has 3 heteroatoms. The van der Waals surface area contributed by atoms with E-state index in [1.165, 1.54) is 24.3 Å². The number of benzene rings is 1. The fourth-order valence-electron chi connectivity index (χ4n) is 2.60. The molecule has 0 aromatic heterocycles. The van der Waals surface area contributed by atoms with E-state index in [1.807, 2.05) is 12.1 Å². The minimum Gasteiger partial charge on any atom is -0.207 e. The molecule has 0 bridgehead atoms. The Bertz CT molecular complexity index is 462. The van der Waals surface area contributed by atoms with Crippen molar-refractivity contribution in [3.8, 4) is 6.07 Å². The SMILES string of the molecule is N#CC(F)=C[C@H]1CC[C@H](c2ccc(F)cc2)CC1. The largest absolute Gasteiger partial charge is 0.207 e. The van der Waals surface area contributed by atoms with Crippen LogP contribution in [0.2, 0.25) is 0 Å². The lowest BCUT2D eigenvalue weighted by atomic mass is 9.78. The molecule has 1 nitrogen and oxygen atoms in total. The molecule has 0 amide bonds. The fraction of sp³-hybridized carbons (Fsp3) is 0.400. The molecule has 1 saturated carbocycles. The van der Waals surface area contributed by atoms with E-state index in [2.05, 4.69) is 0 Å². The van der Waals surface area contributed by atoms with E-state index in [1.54, 1.807) is 0 Å². The van der Waals surface area contributed by atoms with Gasteiger partial charge in [0.1, 0.15) is 11.9 Å². The minimum atomic E-state index is -0.680. The van der Waals surface area contributed by atoms with Crippen molar-refractivity contribution in [2.24, 2.45) is 5.92 Å². The van der Waals surface area contributed by atoms with Crippen LogP contribution in [-0.2, 0) is 0 Å². The Hall–Kier alpha value is -1.69. The monoisotopic (exact) mass is 247 g/mol. The first-order chi connectivity index (χ1) is 8.69. The summed E-state index contributed by atoms with van der Waals surface area (Å²) in [5, 5.41) is 8.39. The molecule has 2 rings (SSSR count). The quantitative estimate of drug-likeness (QED) is 0.707. The average molecular weight is 247 g/mol. The van der Waals surface area contributed by atoms with E-state index in [4.69, 9.17) is 5.26 Å². The van der Waals surface area contributed by atoms with Crippen LogP contribution in [0.15, 0.2) is 36.2 Å².